The maximum atomic E-state index is 5.56. The fourth-order valence-electron chi connectivity index (χ4n) is 1.90. The Balaban J connectivity index is 1.71. The largest absolute Gasteiger partial charge is 0.383 e. The first-order valence-corrected chi connectivity index (χ1v) is 6.45. The summed E-state index contributed by atoms with van der Waals surface area (Å²) in [4.78, 5) is 0. The van der Waals surface area contributed by atoms with Gasteiger partial charge in [-0.2, -0.15) is 0 Å². The van der Waals surface area contributed by atoms with E-state index in [9.17, 15) is 0 Å². The molecule has 1 rings (SSSR count). The van der Waals surface area contributed by atoms with Crippen molar-refractivity contribution in [2.75, 3.05) is 46.5 Å². The second-order valence-electron chi connectivity index (χ2n) is 4.27. The molecule has 0 aliphatic carbocycles. The van der Waals surface area contributed by atoms with E-state index in [0.717, 1.165) is 45.8 Å². The average Bonchev–Trinajstić information content (AvgIpc) is 2.80. The summed E-state index contributed by atoms with van der Waals surface area (Å²) in [5, 5.41) is 6.78. The van der Waals surface area contributed by atoms with E-state index in [1.54, 1.807) is 7.11 Å². The highest BCUT2D eigenvalue weighted by Crippen LogP contribution is 2.14. The predicted molar refractivity (Wildman–Crippen MR) is 65.8 cm³/mol. The SMILES string of the molecule is COCCNCCCNCCC1CCCO1. The molecule has 1 heterocycles. The standard InChI is InChI=1S/C12H26N2O2/c1-15-11-9-14-7-3-6-13-8-5-12-4-2-10-16-12/h12-14H,2-11H2,1H3. The third-order valence-electron chi connectivity index (χ3n) is 2.86. The molecule has 0 aromatic carbocycles. The summed E-state index contributed by atoms with van der Waals surface area (Å²) in [6.07, 6.45) is 5.35. The van der Waals surface area contributed by atoms with Crippen molar-refractivity contribution in [1.82, 2.24) is 10.6 Å². The topological polar surface area (TPSA) is 42.5 Å². The van der Waals surface area contributed by atoms with Gasteiger partial charge in [0.15, 0.2) is 0 Å². The molecular weight excluding hydrogens is 204 g/mol. The molecule has 0 saturated carbocycles. The van der Waals surface area contributed by atoms with Crippen LogP contribution in [0.1, 0.15) is 25.7 Å². The van der Waals surface area contributed by atoms with Gasteiger partial charge in [0.2, 0.25) is 0 Å². The predicted octanol–water partition coefficient (Wildman–Crippen LogP) is 0.771. The number of methoxy groups -OCH3 is 1. The van der Waals surface area contributed by atoms with E-state index in [4.69, 9.17) is 9.47 Å². The van der Waals surface area contributed by atoms with Crippen LogP contribution in [0.3, 0.4) is 0 Å². The van der Waals surface area contributed by atoms with E-state index in [1.165, 1.54) is 19.3 Å². The van der Waals surface area contributed by atoms with Gasteiger partial charge in [-0.25, -0.2) is 0 Å². The van der Waals surface area contributed by atoms with Gasteiger partial charge in [-0.1, -0.05) is 0 Å². The zero-order valence-electron chi connectivity index (χ0n) is 10.5. The number of hydrogen-bond donors (Lipinski definition) is 2. The summed E-state index contributed by atoms with van der Waals surface area (Å²) < 4.78 is 10.5. The zero-order valence-corrected chi connectivity index (χ0v) is 10.5. The van der Waals surface area contributed by atoms with Gasteiger partial charge < -0.3 is 20.1 Å². The van der Waals surface area contributed by atoms with Crippen molar-refractivity contribution in [3.05, 3.63) is 0 Å². The summed E-state index contributed by atoms with van der Waals surface area (Å²) in [6, 6.07) is 0. The Hall–Kier alpha value is -0.160. The van der Waals surface area contributed by atoms with Gasteiger partial charge in [0.1, 0.15) is 0 Å². The first-order valence-electron chi connectivity index (χ1n) is 6.45. The minimum atomic E-state index is 0.521. The number of rotatable bonds is 10. The van der Waals surface area contributed by atoms with Crippen LogP contribution in [-0.2, 0) is 9.47 Å². The van der Waals surface area contributed by atoms with E-state index in [-0.39, 0.29) is 0 Å². The molecule has 1 aliphatic heterocycles. The molecule has 1 saturated heterocycles. The lowest BCUT2D eigenvalue weighted by Gasteiger charge is -2.10. The smallest absolute Gasteiger partial charge is 0.0588 e. The molecule has 96 valence electrons. The van der Waals surface area contributed by atoms with Crippen LogP contribution in [0.15, 0.2) is 0 Å². The van der Waals surface area contributed by atoms with Crippen LogP contribution in [0.2, 0.25) is 0 Å². The molecule has 1 aliphatic rings. The molecule has 0 bridgehead atoms. The van der Waals surface area contributed by atoms with Crippen LogP contribution in [-0.4, -0.2) is 52.6 Å². The summed E-state index contributed by atoms with van der Waals surface area (Å²) in [5.41, 5.74) is 0. The molecule has 0 spiro atoms. The van der Waals surface area contributed by atoms with Crippen LogP contribution >= 0.6 is 0 Å². The van der Waals surface area contributed by atoms with Crippen molar-refractivity contribution in [2.24, 2.45) is 0 Å². The number of nitrogens with one attached hydrogen (secondary N) is 2. The van der Waals surface area contributed by atoms with E-state index in [1.807, 2.05) is 0 Å². The van der Waals surface area contributed by atoms with Gasteiger partial charge in [0.05, 0.1) is 12.7 Å². The van der Waals surface area contributed by atoms with Gasteiger partial charge >= 0.3 is 0 Å². The van der Waals surface area contributed by atoms with Gasteiger partial charge in [0.25, 0.3) is 0 Å². The quantitative estimate of drug-likeness (QED) is 0.544. The second kappa shape index (κ2) is 10.0. The highest BCUT2D eigenvalue weighted by atomic mass is 16.5. The fourth-order valence-corrected chi connectivity index (χ4v) is 1.90. The minimum absolute atomic E-state index is 0.521. The maximum absolute atomic E-state index is 5.56. The normalized spacial score (nSPS) is 20.4. The molecule has 1 atom stereocenters. The van der Waals surface area contributed by atoms with Crippen molar-refractivity contribution in [2.45, 2.75) is 31.8 Å². The van der Waals surface area contributed by atoms with E-state index < -0.39 is 0 Å². The van der Waals surface area contributed by atoms with Gasteiger partial charge in [-0.05, 0) is 45.3 Å². The van der Waals surface area contributed by atoms with Crippen LogP contribution in [0.4, 0.5) is 0 Å². The first kappa shape index (κ1) is 13.9. The van der Waals surface area contributed by atoms with Crippen molar-refractivity contribution < 1.29 is 9.47 Å². The molecule has 16 heavy (non-hydrogen) atoms. The molecular formula is C12H26N2O2. The van der Waals surface area contributed by atoms with Crippen molar-refractivity contribution in [3.63, 3.8) is 0 Å². The average molecular weight is 230 g/mol. The Bertz CT molecular complexity index is 150. The summed E-state index contributed by atoms with van der Waals surface area (Å²) in [5.74, 6) is 0. The summed E-state index contributed by atoms with van der Waals surface area (Å²) in [6.45, 7) is 5.96. The van der Waals surface area contributed by atoms with Crippen molar-refractivity contribution in [1.29, 1.82) is 0 Å². The van der Waals surface area contributed by atoms with Crippen molar-refractivity contribution >= 4 is 0 Å². The molecule has 0 amide bonds. The Kier molecular flexibility index (Phi) is 8.71. The zero-order chi connectivity index (χ0) is 11.5. The van der Waals surface area contributed by atoms with Crippen LogP contribution in [0.5, 0.6) is 0 Å². The van der Waals surface area contributed by atoms with Gasteiger partial charge in [-0.15, -0.1) is 0 Å². The Morgan fingerprint density at radius 3 is 2.69 bits per heavy atom. The van der Waals surface area contributed by atoms with Gasteiger partial charge in [-0.3, -0.25) is 0 Å². The molecule has 4 heteroatoms. The molecule has 4 nitrogen and oxygen atoms in total. The Labute approximate surface area is 99.1 Å². The molecule has 0 radical (unpaired) electrons. The lowest BCUT2D eigenvalue weighted by Crippen LogP contribution is -2.26. The van der Waals surface area contributed by atoms with Crippen molar-refractivity contribution in [3.8, 4) is 0 Å². The molecule has 2 N–H and O–H groups in total. The molecule has 0 aromatic heterocycles. The summed E-state index contributed by atoms with van der Waals surface area (Å²) in [7, 11) is 1.73. The lowest BCUT2D eigenvalue weighted by atomic mass is 10.2. The Morgan fingerprint density at radius 1 is 1.19 bits per heavy atom. The number of hydrogen-bond acceptors (Lipinski definition) is 4. The van der Waals surface area contributed by atoms with Crippen LogP contribution < -0.4 is 10.6 Å². The summed E-state index contributed by atoms with van der Waals surface area (Å²) >= 11 is 0. The molecule has 1 fully saturated rings. The van der Waals surface area contributed by atoms with Crippen LogP contribution in [0.25, 0.3) is 0 Å². The highest BCUT2D eigenvalue weighted by molar-refractivity contribution is 4.65. The van der Waals surface area contributed by atoms with E-state index in [0.29, 0.717) is 6.10 Å². The monoisotopic (exact) mass is 230 g/mol. The first-order chi connectivity index (χ1) is 7.93. The molecule has 0 aromatic rings. The number of ether oxygens (including phenoxy) is 2. The minimum Gasteiger partial charge on any atom is -0.383 e. The Morgan fingerprint density at radius 2 is 2.00 bits per heavy atom. The van der Waals surface area contributed by atoms with E-state index >= 15 is 0 Å². The lowest BCUT2D eigenvalue weighted by molar-refractivity contribution is 0.104. The van der Waals surface area contributed by atoms with Crippen LogP contribution in [0, 0.1) is 0 Å². The maximum Gasteiger partial charge on any atom is 0.0588 e. The van der Waals surface area contributed by atoms with Gasteiger partial charge in [0, 0.05) is 20.3 Å². The van der Waals surface area contributed by atoms with E-state index in [2.05, 4.69) is 10.6 Å². The second-order valence-corrected chi connectivity index (χ2v) is 4.27. The third kappa shape index (κ3) is 7.17. The fraction of sp³-hybridized carbons (Fsp3) is 1.00. The highest BCUT2D eigenvalue weighted by Gasteiger charge is 2.13. The molecule has 1 unspecified atom stereocenters. The third-order valence-corrected chi connectivity index (χ3v) is 2.86.